The lowest BCUT2D eigenvalue weighted by atomic mass is 9.77. The second-order valence-electron chi connectivity index (χ2n) is 9.39. The Labute approximate surface area is 220 Å². The zero-order valence-electron chi connectivity index (χ0n) is 21.2. The Hall–Kier alpha value is -4.01. The number of methoxy groups -OCH3 is 1. The summed E-state index contributed by atoms with van der Waals surface area (Å²) >= 11 is 0. The predicted octanol–water partition coefficient (Wildman–Crippen LogP) is 4.52. The maximum absolute atomic E-state index is 14.9. The van der Waals surface area contributed by atoms with E-state index < -0.39 is 35.7 Å². The molecule has 1 aliphatic rings. The van der Waals surface area contributed by atoms with Crippen molar-refractivity contribution >= 4 is 5.82 Å². The molecule has 1 fully saturated rings. The van der Waals surface area contributed by atoms with Crippen LogP contribution >= 0.6 is 0 Å². The summed E-state index contributed by atoms with van der Waals surface area (Å²) in [4.78, 5) is 17.4. The topological polar surface area (TPSA) is 85.6 Å². The zero-order valence-corrected chi connectivity index (χ0v) is 21.2. The van der Waals surface area contributed by atoms with Crippen molar-refractivity contribution in [2.45, 2.75) is 31.0 Å². The van der Waals surface area contributed by atoms with Gasteiger partial charge in [-0.1, -0.05) is 79.7 Å². The Bertz CT molecular complexity index is 1370. The summed E-state index contributed by atoms with van der Waals surface area (Å²) in [5, 5.41) is 13.0. The van der Waals surface area contributed by atoms with Crippen LogP contribution in [-0.2, 0) is 10.3 Å². The van der Waals surface area contributed by atoms with Crippen LogP contribution in [0.4, 0.5) is 10.2 Å². The van der Waals surface area contributed by atoms with Gasteiger partial charge in [0.05, 0.1) is 19.8 Å². The standard InChI is InChI=1S/C30H30FN3O4/c1-20-25(19-35)38-28(27(20)31)34-18-17-26(32-29(34)36)33-30(21-9-5-3-6-10-21,22-11-7-4-8-12-22)23-13-15-24(37-2)16-14-23/h3-18,20,25,27-28,35H,19H2,1-2H3,(H,32,33,36)/t20-,25-,27-,28-/m1/s1. The number of hydrogen-bond donors (Lipinski definition) is 2. The Balaban J connectivity index is 1.62. The molecule has 0 amide bonds. The first-order chi connectivity index (χ1) is 18.5. The Morgan fingerprint density at radius 2 is 1.55 bits per heavy atom. The van der Waals surface area contributed by atoms with E-state index in [1.165, 1.54) is 6.20 Å². The van der Waals surface area contributed by atoms with Gasteiger partial charge in [-0.15, -0.1) is 0 Å². The average Bonchev–Trinajstić information content (AvgIpc) is 3.25. The lowest BCUT2D eigenvalue weighted by molar-refractivity contribution is -0.0418. The van der Waals surface area contributed by atoms with Gasteiger partial charge in [-0.2, -0.15) is 4.98 Å². The summed E-state index contributed by atoms with van der Waals surface area (Å²) in [5.74, 6) is 0.487. The minimum atomic E-state index is -1.45. The summed E-state index contributed by atoms with van der Waals surface area (Å²) in [7, 11) is 1.62. The molecule has 5 rings (SSSR count). The van der Waals surface area contributed by atoms with Crippen LogP contribution in [0.15, 0.2) is 102 Å². The minimum Gasteiger partial charge on any atom is -0.497 e. The van der Waals surface area contributed by atoms with E-state index in [0.717, 1.165) is 27.0 Å². The van der Waals surface area contributed by atoms with E-state index in [4.69, 9.17) is 9.47 Å². The van der Waals surface area contributed by atoms with E-state index in [2.05, 4.69) is 10.3 Å². The maximum atomic E-state index is 14.9. The van der Waals surface area contributed by atoms with Crippen LogP contribution in [0, 0.1) is 5.92 Å². The molecule has 196 valence electrons. The first-order valence-electron chi connectivity index (χ1n) is 12.5. The molecule has 0 aliphatic carbocycles. The number of nitrogens with one attached hydrogen (secondary N) is 1. The number of anilines is 1. The third-order valence-electron chi connectivity index (χ3n) is 7.21. The molecular formula is C30H30FN3O4. The fourth-order valence-electron chi connectivity index (χ4n) is 5.07. The van der Waals surface area contributed by atoms with E-state index in [9.17, 15) is 14.3 Å². The van der Waals surface area contributed by atoms with Gasteiger partial charge in [-0.05, 0) is 34.9 Å². The largest absolute Gasteiger partial charge is 0.497 e. The smallest absolute Gasteiger partial charge is 0.351 e. The van der Waals surface area contributed by atoms with Gasteiger partial charge in [0, 0.05) is 12.1 Å². The van der Waals surface area contributed by atoms with Gasteiger partial charge in [0.1, 0.15) is 17.1 Å². The van der Waals surface area contributed by atoms with Gasteiger partial charge in [0.15, 0.2) is 12.4 Å². The van der Waals surface area contributed by atoms with E-state index in [0.29, 0.717) is 5.82 Å². The van der Waals surface area contributed by atoms with Crippen LogP contribution in [-0.4, -0.2) is 40.6 Å². The van der Waals surface area contributed by atoms with Crippen molar-refractivity contribution in [1.29, 1.82) is 0 Å². The van der Waals surface area contributed by atoms with Crippen LogP contribution in [0.25, 0.3) is 0 Å². The number of benzene rings is 3. The molecular weight excluding hydrogens is 485 g/mol. The van der Waals surface area contributed by atoms with Gasteiger partial charge >= 0.3 is 5.69 Å². The highest BCUT2D eigenvalue weighted by atomic mass is 19.1. The highest BCUT2D eigenvalue weighted by Gasteiger charge is 2.43. The Morgan fingerprint density at radius 3 is 2.05 bits per heavy atom. The molecule has 8 heteroatoms. The van der Waals surface area contributed by atoms with E-state index in [-0.39, 0.29) is 6.61 Å². The number of ether oxygens (including phenoxy) is 2. The lowest BCUT2D eigenvalue weighted by Crippen LogP contribution is -2.39. The number of hydrogen-bond acceptors (Lipinski definition) is 6. The van der Waals surface area contributed by atoms with Crippen molar-refractivity contribution in [2.24, 2.45) is 5.92 Å². The average molecular weight is 516 g/mol. The number of aromatic nitrogens is 2. The maximum Gasteiger partial charge on any atom is 0.351 e. The predicted molar refractivity (Wildman–Crippen MR) is 143 cm³/mol. The highest BCUT2D eigenvalue weighted by molar-refractivity contribution is 5.58. The van der Waals surface area contributed by atoms with Crippen LogP contribution in [0.1, 0.15) is 29.8 Å². The van der Waals surface area contributed by atoms with Crippen molar-refractivity contribution in [1.82, 2.24) is 9.55 Å². The van der Waals surface area contributed by atoms with Crippen molar-refractivity contribution in [3.8, 4) is 5.75 Å². The van der Waals surface area contributed by atoms with E-state index >= 15 is 0 Å². The first kappa shape index (κ1) is 25.6. The molecule has 4 atom stereocenters. The Morgan fingerprint density at radius 1 is 0.974 bits per heavy atom. The highest BCUT2D eigenvalue weighted by Crippen LogP contribution is 2.40. The van der Waals surface area contributed by atoms with Gasteiger partial charge in [0.2, 0.25) is 0 Å². The number of alkyl halides is 1. The molecule has 0 radical (unpaired) electrons. The molecule has 1 saturated heterocycles. The fraction of sp³-hybridized carbons (Fsp3) is 0.267. The third-order valence-corrected chi connectivity index (χ3v) is 7.21. The molecule has 7 nitrogen and oxygen atoms in total. The van der Waals surface area contributed by atoms with Crippen molar-refractivity contribution in [2.75, 3.05) is 19.0 Å². The Kier molecular flexibility index (Phi) is 7.26. The number of aliphatic hydroxyl groups is 1. The van der Waals surface area contributed by atoms with Crippen LogP contribution < -0.4 is 15.7 Å². The van der Waals surface area contributed by atoms with Crippen LogP contribution in [0.5, 0.6) is 5.75 Å². The number of halogens is 1. The molecule has 3 aromatic carbocycles. The van der Waals surface area contributed by atoms with E-state index in [1.54, 1.807) is 20.1 Å². The van der Waals surface area contributed by atoms with E-state index in [1.807, 2.05) is 84.9 Å². The SMILES string of the molecule is COc1ccc(C(Nc2ccn([C@@H]3O[C@H](CO)[C@@H](C)[C@H]3F)c(=O)n2)(c2ccccc2)c2ccccc2)cc1. The molecule has 2 heterocycles. The van der Waals surface area contributed by atoms with Crippen molar-refractivity contribution in [3.05, 3.63) is 124 Å². The molecule has 1 aliphatic heterocycles. The first-order valence-corrected chi connectivity index (χ1v) is 12.5. The molecule has 0 bridgehead atoms. The van der Waals surface area contributed by atoms with Crippen LogP contribution in [0.2, 0.25) is 0 Å². The number of aliphatic hydroxyl groups excluding tert-OH is 1. The molecule has 4 aromatic rings. The van der Waals surface area contributed by atoms with Crippen molar-refractivity contribution < 1.29 is 19.0 Å². The molecule has 0 spiro atoms. The summed E-state index contributed by atoms with van der Waals surface area (Å²) in [6, 6.07) is 29.2. The number of nitrogens with zero attached hydrogens (tertiary/aromatic N) is 2. The molecule has 0 saturated carbocycles. The fourth-order valence-corrected chi connectivity index (χ4v) is 5.07. The molecule has 38 heavy (non-hydrogen) atoms. The lowest BCUT2D eigenvalue weighted by Gasteiger charge is -2.37. The van der Waals surface area contributed by atoms with Crippen LogP contribution in [0.3, 0.4) is 0 Å². The van der Waals surface area contributed by atoms with Gasteiger partial charge in [-0.3, -0.25) is 4.57 Å². The third kappa shape index (κ3) is 4.57. The normalized spacial score (nSPS) is 21.3. The summed E-state index contributed by atoms with van der Waals surface area (Å²) < 4.78 is 27.1. The molecule has 1 aromatic heterocycles. The molecule has 0 unspecified atom stereocenters. The monoisotopic (exact) mass is 515 g/mol. The quantitative estimate of drug-likeness (QED) is 0.336. The second-order valence-corrected chi connectivity index (χ2v) is 9.39. The van der Waals surface area contributed by atoms with Gasteiger partial charge in [0.25, 0.3) is 0 Å². The molecule has 2 N–H and O–H groups in total. The summed E-state index contributed by atoms with van der Waals surface area (Å²) in [5.41, 5.74) is 1.21. The zero-order chi connectivity index (χ0) is 26.7. The van der Waals surface area contributed by atoms with Gasteiger partial charge < -0.3 is 19.9 Å². The summed E-state index contributed by atoms with van der Waals surface area (Å²) in [6.45, 7) is 1.33. The van der Waals surface area contributed by atoms with Gasteiger partial charge in [-0.25, -0.2) is 9.18 Å². The second kappa shape index (κ2) is 10.8. The number of rotatable bonds is 8. The minimum absolute atomic E-state index is 0.315. The summed E-state index contributed by atoms with van der Waals surface area (Å²) in [6.07, 6.45) is -1.79. The van der Waals surface area contributed by atoms with Crippen molar-refractivity contribution in [3.63, 3.8) is 0 Å².